The summed E-state index contributed by atoms with van der Waals surface area (Å²) in [6, 6.07) is 15.8. The predicted octanol–water partition coefficient (Wildman–Crippen LogP) is 5.82. The van der Waals surface area contributed by atoms with Crippen molar-refractivity contribution in [3.63, 3.8) is 0 Å². The van der Waals surface area contributed by atoms with Gasteiger partial charge < -0.3 is 10.1 Å². The lowest BCUT2D eigenvalue weighted by molar-refractivity contribution is -0.116. The molecule has 0 fully saturated rings. The van der Waals surface area contributed by atoms with Gasteiger partial charge in [0.15, 0.2) is 12.4 Å². The largest absolute Gasteiger partial charge is 0.454 e. The molecule has 3 aromatic carbocycles. The Hall–Kier alpha value is -3.40. The van der Waals surface area contributed by atoms with E-state index in [1.807, 2.05) is 13.8 Å². The molecule has 8 nitrogen and oxygen atoms in total. The van der Waals surface area contributed by atoms with Gasteiger partial charge in [0.2, 0.25) is 5.91 Å². The third-order valence-electron chi connectivity index (χ3n) is 5.01. The van der Waals surface area contributed by atoms with E-state index in [1.54, 1.807) is 12.1 Å². The summed E-state index contributed by atoms with van der Waals surface area (Å²) < 4.78 is 33.1. The Morgan fingerprint density at radius 2 is 1.59 bits per heavy atom. The second-order valence-electron chi connectivity index (χ2n) is 8.45. The van der Waals surface area contributed by atoms with Gasteiger partial charge in [-0.25, -0.2) is 13.2 Å². The van der Waals surface area contributed by atoms with Crippen LogP contribution in [0.25, 0.3) is 0 Å². The average Bonchev–Trinajstić information content (AvgIpc) is 2.84. The number of para-hydroxylation sites is 1. The van der Waals surface area contributed by atoms with Crippen LogP contribution >= 0.6 is 23.2 Å². The third kappa shape index (κ3) is 7.79. The number of rotatable bonds is 10. The molecule has 0 aliphatic rings. The van der Waals surface area contributed by atoms with E-state index < -0.39 is 28.4 Å². The van der Waals surface area contributed by atoms with Gasteiger partial charge in [-0.05, 0) is 60.5 Å². The minimum absolute atomic E-state index is 0.0347. The molecule has 2 N–H and O–H groups in total. The number of ether oxygens (including phenoxy) is 1. The van der Waals surface area contributed by atoms with Gasteiger partial charge in [0.05, 0.1) is 26.2 Å². The van der Waals surface area contributed by atoms with Gasteiger partial charge in [-0.1, -0.05) is 49.2 Å². The Morgan fingerprint density at radius 3 is 2.24 bits per heavy atom. The molecular formula is C26H24Cl2N2O6S. The SMILES string of the molecule is CC(C)CC(=O)Nc1ccc(C(=O)COC(=O)c2ccccc2NS(=O)(=O)c2ccc(Cl)c(Cl)c2)cc1. The Labute approximate surface area is 225 Å². The number of nitrogens with one attached hydrogen (secondary N) is 2. The highest BCUT2D eigenvalue weighted by Crippen LogP contribution is 2.27. The maximum absolute atomic E-state index is 12.8. The monoisotopic (exact) mass is 562 g/mol. The first kappa shape index (κ1) is 28.2. The van der Waals surface area contributed by atoms with Crippen LogP contribution in [0, 0.1) is 5.92 Å². The summed E-state index contributed by atoms with van der Waals surface area (Å²) in [5.74, 6) is -1.27. The number of carbonyl (C=O) groups excluding carboxylic acids is 3. The average molecular weight is 563 g/mol. The van der Waals surface area contributed by atoms with Gasteiger partial charge in [0.1, 0.15) is 0 Å². The highest BCUT2D eigenvalue weighted by molar-refractivity contribution is 7.92. The molecule has 0 aliphatic heterocycles. The molecule has 0 spiro atoms. The number of anilines is 2. The van der Waals surface area contributed by atoms with Gasteiger partial charge in [-0.15, -0.1) is 0 Å². The van der Waals surface area contributed by atoms with Crippen LogP contribution < -0.4 is 10.0 Å². The van der Waals surface area contributed by atoms with Crippen molar-refractivity contribution in [1.82, 2.24) is 0 Å². The fraction of sp³-hybridized carbons (Fsp3) is 0.192. The summed E-state index contributed by atoms with van der Waals surface area (Å²) in [5.41, 5.74) is 0.709. The normalized spacial score (nSPS) is 11.2. The summed E-state index contributed by atoms with van der Waals surface area (Å²) in [6.45, 7) is 3.31. The zero-order chi connectivity index (χ0) is 27.2. The zero-order valence-corrected chi connectivity index (χ0v) is 22.3. The molecule has 0 bridgehead atoms. The smallest absolute Gasteiger partial charge is 0.340 e. The van der Waals surface area contributed by atoms with E-state index in [9.17, 15) is 22.8 Å². The molecule has 0 aromatic heterocycles. The first-order valence-corrected chi connectivity index (χ1v) is 13.4. The number of carbonyl (C=O) groups is 3. The van der Waals surface area contributed by atoms with Crippen LogP contribution in [0.15, 0.2) is 71.6 Å². The quantitative estimate of drug-likeness (QED) is 0.237. The lowest BCUT2D eigenvalue weighted by atomic mass is 10.1. The zero-order valence-electron chi connectivity index (χ0n) is 20.0. The van der Waals surface area contributed by atoms with Crippen LogP contribution in [-0.4, -0.2) is 32.7 Å². The second kappa shape index (κ2) is 12.2. The van der Waals surface area contributed by atoms with E-state index in [1.165, 1.54) is 54.6 Å². The summed E-state index contributed by atoms with van der Waals surface area (Å²) in [6.07, 6.45) is 0.377. The van der Waals surface area contributed by atoms with Crippen molar-refractivity contribution >= 4 is 62.3 Å². The Bertz CT molecular complexity index is 1420. The Kier molecular flexibility index (Phi) is 9.31. The molecule has 0 atom stereocenters. The van der Waals surface area contributed by atoms with Crippen molar-refractivity contribution in [2.24, 2.45) is 5.92 Å². The number of hydrogen-bond acceptors (Lipinski definition) is 6. The molecule has 3 aromatic rings. The molecule has 3 rings (SSSR count). The van der Waals surface area contributed by atoms with Crippen molar-refractivity contribution in [1.29, 1.82) is 0 Å². The van der Waals surface area contributed by atoms with E-state index in [0.29, 0.717) is 12.1 Å². The summed E-state index contributed by atoms with van der Waals surface area (Å²) in [7, 11) is -4.10. The van der Waals surface area contributed by atoms with Crippen LogP contribution in [-0.2, 0) is 19.6 Å². The molecule has 194 valence electrons. The predicted molar refractivity (Wildman–Crippen MR) is 143 cm³/mol. The summed E-state index contributed by atoms with van der Waals surface area (Å²) in [4.78, 5) is 36.9. The number of halogens is 2. The van der Waals surface area contributed by atoms with Gasteiger partial charge in [-0.2, -0.15) is 0 Å². The maximum atomic E-state index is 12.8. The fourth-order valence-corrected chi connectivity index (χ4v) is 4.68. The number of benzene rings is 3. The molecule has 1 amide bonds. The second-order valence-corrected chi connectivity index (χ2v) is 10.9. The minimum Gasteiger partial charge on any atom is -0.454 e. The molecule has 0 radical (unpaired) electrons. The van der Waals surface area contributed by atoms with Gasteiger partial charge in [-0.3, -0.25) is 14.3 Å². The number of Topliss-reactive ketones (excluding diaryl/α,β-unsaturated/α-hetero) is 1. The van der Waals surface area contributed by atoms with Crippen LogP contribution in [0.2, 0.25) is 10.0 Å². The number of ketones is 1. The highest BCUT2D eigenvalue weighted by atomic mass is 35.5. The lowest BCUT2D eigenvalue weighted by Gasteiger charge is -2.13. The highest BCUT2D eigenvalue weighted by Gasteiger charge is 2.21. The topological polar surface area (TPSA) is 119 Å². The van der Waals surface area contributed by atoms with Gasteiger partial charge >= 0.3 is 5.97 Å². The van der Waals surface area contributed by atoms with Crippen molar-refractivity contribution in [2.75, 3.05) is 16.6 Å². The number of amides is 1. The Morgan fingerprint density at radius 1 is 0.919 bits per heavy atom. The van der Waals surface area contributed by atoms with Gasteiger partial charge in [0, 0.05) is 17.7 Å². The minimum atomic E-state index is -4.10. The Balaban J connectivity index is 1.65. The van der Waals surface area contributed by atoms with Gasteiger partial charge in [0.25, 0.3) is 10.0 Å². The third-order valence-corrected chi connectivity index (χ3v) is 7.11. The van der Waals surface area contributed by atoms with Crippen LogP contribution in [0.1, 0.15) is 41.0 Å². The van der Waals surface area contributed by atoms with E-state index in [0.717, 1.165) is 0 Å². The number of esters is 1. The molecule has 0 unspecified atom stereocenters. The van der Waals surface area contributed by atoms with Crippen molar-refractivity contribution in [3.8, 4) is 0 Å². The first-order valence-electron chi connectivity index (χ1n) is 11.1. The van der Waals surface area contributed by atoms with Crippen molar-refractivity contribution in [3.05, 3.63) is 87.9 Å². The van der Waals surface area contributed by atoms with Crippen LogP contribution in [0.5, 0.6) is 0 Å². The van der Waals surface area contributed by atoms with E-state index in [2.05, 4.69) is 10.0 Å². The molecular weight excluding hydrogens is 539 g/mol. The summed E-state index contributed by atoms with van der Waals surface area (Å²) >= 11 is 11.8. The number of hydrogen-bond donors (Lipinski definition) is 2. The van der Waals surface area contributed by atoms with Crippen molar-refractivity contribution in [2.45, 2.75) is 25.2 Å². The lowest BCUT2D eigenvalue weighted by Crippen LogP contribution is -2.18. The van der Waals surface area contributed by atoms with E-state index >= 15 is 0 Å². The molecule has 37 heavy (non-hydrogen) atoms. The molecule has 0 saturated carbocycles. The van der Waals surface area contributed by atoms with Crippen LogP contribution in [0.4, 0.5) is 11.4 Å². The maximum Gasteiger partial charge on any atom is 0.340 e. The molecule has 0 heterocycles. The fourth-order valence-electron chi connectivity index (χ4n) is 3.21. The first-order chi connectivity index (χ1) is 17.5. The molecule has 11 heteroatoms. The van der Waals surface area contributed by atoms with Crippen LogP contribution in [0.3, 0.4) is 0 Å². The molecule has 0 aliphatic carbocycles. The standard InChI is InChI=1S/C26H24Cl2N2O6S/c1-16(2)13-25(32)29-18-9-7-17(8-10-18)24(31)15-36-26(33)20-5-3-4-6-23(20)30-37(34,35)19-11-12-21(27)22(28)14-19/h3-12,14,16,30H,13,15H2,1-2H3,(H,29,32). The number of sulfonamides is 1. The van der Waals surface area contributed by atoms with E-state index in [-0.39, 0.29) is 43.6 Å². The molecule has 0 saturated heterocycles. The van der Waals surface area contributed by atoms with E-state index in [4.69, 9.17) is 27.9 Å². The van der Waals surface area contributed by atoms with Crippen molar-refractivity contribution < 1.29 is 27.5 Å². The summed E-state index contributed by atoms with van der Waals surface area (Å²) in [5, 5.41) is 3.00.